The first-order valence-electron chi connectivity index (χ1n) is 8.63. The second-order valence-electron chi connectivity index (χ2n) is 6.20. The number of hydrogen-bond acceptors (Lipinski definition) is 6. The fourth-order valence-corrected chi connectivity index (χ4v) is 3.02. The van der Waals surface area contributed by atoms with Crippen LogP contribution < -0.4 is 5.63 Å². The van der Waals surface area contributed by atoms with Crippen molar-refractivity contribution in [1.29, 1.82) is 0 Å². The topological polar surface area (TPSA) is 76.0 Å². The van der Waals surface area contributed by atoms with Gasteiger partial charge in [0.15, 0.2) is 0 Å². The molecule has 0 amide bonds. The number of fused-ring (bicyclic) bond motifs is 1. The van der Waals surface area contributed by atoms with Crippen LogP contribution >= 0.6 is 0 Å². The van der Waals surface area contributed by atoms with E-state index in [1.54, 1.807) is 13.4 Å². The van der Waals surface area contributed by atoms with Crippen LogP contribution in [0.2, 0.25) is 0 Å². The van der Waals surface area contributed by atoms with Gasteiger partial charge >= 0.3 is 5.63 Å². The Morgan fingerprint density at radius 1 is 1.19 bits per heavy atom. The summed E-state index contributed by atoms with van der Waals surface area (Å²) in [4.78, 5) is 14.1. The van der Waals surface area contributed by atoms with Gasteiger partial charge in [-0.3, -0.25) is 4.90 Å². The van der Waals surface area contributed by atoms with E-state index in [0.717, 1.165) is 22.3 Å². The molecular weight excluding hydrogens is 334 g/mol. The van der Waals surface area contributed by atoms with Crippen molar-refractivity contribution in [3.05, 3.63) is 63.9 Å². The number of aryl methyl sites for hydroxylation is 1. The standard InChI is InChI=1S/C20H23NO5/c1-3-14-9-17-15(10-20(23)26-19(17)11-18(14)22)12-21(6-8-24-2)13-16-5-4-7-25-16/h4-5,7,9-11,22H,3,6,8,12-13H2,1-2H3. The fraction of sp³-hybridized carbons (Fsp3) is 0.350. The summed E-state index contributed by atoms with van der Waals surface area (Å²) in [5.41, 5.74) is 1.64. The molecule has 26 heavy (non-hydrogen) atoms. The molecule has 3 rings (SSSR count). The van der Waals surface area contributed by atoms with E-state index in [1.165, 1.54) is 12.1 Å². The van der Waals surface area contributed by atoms with Crippen LogP contribution in [0.1, 0.15) is 23.8 Å². The maximum absolute atomic E-state index is 12.0. The average molecular weight is 357 g/mol. The zero-order chi connectivity index (χ0) is 18.5. The molecule has 1 N–H and O–H groups in total. The Balaban J connectivity index is 1.96. The van der Waals surface area contributed by atoms with Crippen LogP contribution in [0.3, 0.4) is 0 Å². The van der Waals surface area contributed by atoms with Gasteiger partial charge in [-0.15, -0.1) is 0 Å². The van der Waals surface area contributed by atoms with Gasteiger partial charge in [-0.1, -0.05) is 6.92 Å². The van der Waals surface area contributed by atoms with Gasteiger partial charge in [-0.05, 0) is 35.7 Å². The first kappa shape index (κ1) is 18.2. The van der Waals surface area contributed by atoms with Gasteiger partial charge in [0.2, 0.25) is 0 Å². The van der Waals surface area contributed by atoms with Crippen LogP contribution in [-0.4, -0.2) is 30.3 Å². The minimum atomic E-state index is -0.430. The summed E-state index contributed by atoms with van der Waals surface area (Å²) >= 11 is 0. The summed E-state index contributed by atoms with van der Waals surface area (Å²) in [7, 11) is 1.66. The van der Waals surface area contributed by atoms with E-state index in [-0.39, 0.29) is 5.75 Å². The third-order valence-corrected chi connectivity index (χ3v) is 4.38. The summed E-state index contributed by atoms with van der Waals surface area (Å²) in [5, 5.41) is 10.9. The van der Waals surface area contributed by atoms with E-state index in [2.05, 4.69) is 4.90 Å². The van der Waals surface area contributed by atoms with Gasteiger partial charge in [-0.2, -0.15) is 0 Å². The molecule has 0 aliphatic heterocycles. The van der Waals surface area contributed by atoms with Crippen molar-refractivity contribution < 1.29 is 18.7 Å². The Labute approximate surface area is 151 Å². The quantitative estimate of drug-likeness (QED) is 0.624. The van der Waals surface area contributed by atoms with Crippen molar-refractivity contribution in [1.82, 2.24) is 4.90 Å². The third kappa shape index (κ3) is 4.15. The van der Waals surface area contributed by atoms with E-state index in [0.29, 0.717) is 38.2 Å². The lowest BCUT2D eigenvalue weighted by atomic mass is 10.0. The molecule has 2 heterocycles. The lowest BCUT2D eigenvalue weighted by Crippen LogP contribution is -2.27. The van der Waals surface area contributed by atoms with Crippen molar-refractivity contribution >= 4 is 11.0 Å². The van der Waals surface area contributed by atoms with Gasteiger partial charge in [0.25, 0.3) is 0 Å². The summed E-state index contributed by atoms with van der Waals surface area (Å²) in [6.07, 6.45) is 2.34. The smallest absolute Gasteiger partial charge is 0.336 e. The highest BCUT2D eigenvalue weighted by Crippen LogP contribution is 2.27. The number of aromatic hydroxyl groups is 1. The van der Waals surface area contributed by atoms with Crippen molar-refractivity contribution in [2.75, 3.05) is 20.3 Å². The largest absolute Gasteiger partial charge is 0.508 e. The Hall–Kier alpha value is -2.57. The molecule has 0 radical (unpaired) electrons. The molecule has 0 saturated carbocycles. The maximum atomic E-state index is 12.0. The number of phenolic OH excluding ortho intramolecular Hbond substituents is 1. The Kier molecular flexibility index (Phi) is 5.75. The molecule has 0 spiro atoms. The number of methoxy groups -OCH3 is 1. The molecule has 6 nitrogen and oxygen atoms in total. The molecule has 0 unspecified atom stereocenters. The highest BCUT2D eigenvalue weighted by molar-refractivity contribution is 5.82. The summed E-state index contributed by atoms with van der Waals surface area (Å²) < 4.78 is 15.9. The van der Waals surface area contributed by atoms with Gasteiger partial charge < -0.3 is 18.7 Å². The molecule has 1 aromatic carbocycles. The normalized spacial score (nSPS) is 11.5. The van der Waals surface area contributed by atoms with Crippen LogP contribution in [0, 0.1) is 0 Å². The van der Waals surface area contributed by atoms with Crippen molar-refractivity contribution in [2.24, 2.45) is 0 Å². The number of ether oxygens (including phenoxy) is 1. The number of furan rings is 1. The average Bonchev–Trinajstić information content (AvgIpc) is 3.12. The lowest BCUT2D eigenvalue weighted by Gasteiger charge is -2.21. The second-order valence-corrected chi connectivity index (χ2v) is 6.20. The SMILES string of the molecule is CCc1cc2c(CN(CCOC)Cc3ccco3)cc(=O)oc2cc1O. The molecule has 0 aliphatic rings. The zero-order valence-corrected chi connectivity index (χ0v) is 15.0. The Morgan fingerprint density at radius 3 is 2.73 bits per heavy atom. The zero-order valence-electron chi connectivity index (χ0n) is 15.0. The number of benzene rings is 1. The molecular formula is C20H23NO5. The monoisotopic (exact) mass is 357 g/mol. The number of nitrogens with zero attached hydrogens (tertiary/aromatic N) is 1. The van der Waals surface area contributed by atoms with Crippen LogP contribution in [0.25, 0.3) is 11.0 Å². The number of phenols is 1. The minimum absolute atomic E-state index is 0.145. The second kappa shape index (κ2) is 8.21. The van der Waals surface area contributed by atoms with Gasteiger partial charge in [0.1, 0.15) is 17.1 Å². The van der Waals surface area contributed by atoms with E-state index in [4.69, 9.17) is 13.6 Å². The predicted molar refractivity (Wildman–Crippen MR) is 98.2 cm³/mol. The number of rotatable bonds is 8. The molecule has 0 aliphatic carbocycles. The number of hydrogen-bond donors (Lipinski definition) is 1. The predicted octanol–water partition coefficient (Wildman–Crippen LogP) is 3.30. The van der Waals surface area contributed by atoms with Gasteiger partial charge in [0, 0.05) is 37.7 Å². The van der Waals surface area contributed by atoms with Crippen molar-refractivity contribution in [2.45, 2.75) is 26.4 Å². The van der Waals surface area contributed by atoms with E-state index in [1.807, 2.05) is 25.1 Å². The molecule has 0 bridgehead atoms. The summed E-state index contributed by atoms with van der Waals surface area (Å²) in [5.74, 6) is 0.993. The highest BCUT2D eigenvalue weighted by Gasteiger charge is 2.14. The summed E-state index contributed by atoms with van der Waals surface area (Å²) in [6.45, 7) is 4.39. The lowest BCUT2D eigenvalue weighted by molar-refractivity contribution is 0.135. The molecule has 3 aromatic rings. The summed E-state index contributed by atoms with van der Waals surface area (Å²) in [6, 6.07) is 8.70. The first-order valence-corrected chi connectivity index (χ1v) is 8.63. The molecule has 138 valence electrons. The molecule has 0 atom stereocenters. The van der Waals surface area contributed by atoms with Crippen molar-refractivity contribution in [3.63, 3.8) is 0 Å². The van der Waals surface area contributed by atoms with Crippen LogP contribution in [0.4, 0.5) is 0 Å². The molecule has 0 fully saturated rings. The van der Waals surface area contributed by atoms with Crippen LogP contribution in [0.15, 0.2) is 50.2 Å². The van der Waals surface area contributed by atoms with E-state index in [9.17, 15) is 9.90 Å². The van der Waals surface area contributed by atoms with E-state index >= 15 is 0 Å². The van der Waals surface area contributed by atoms with Crippen molar-refractivity contribution in [3.8, 4) is 5.75 Å². The molecule has 2 aromatic heterocycles. The third-order valence-electron chi connectivity index (χ3n) is 4.38. The molecule has 0 saturated heterocycles. The van der Waals surface area contributed by atoms with Gasteiger partial charge in [-0.25, -0.2) is 4.79 Å². The van der Waals surface area contributed by atoms with E-state index < -0.39 is 5.63 Å². The van der Waals surface area contributed by atoms with Crippen LogP contribution in [-0.2, 0) is 24.2 Å². The fourth-order valence-electron chi connectivity index (χ4n) is 3.02. The maximum Gasteiger partial charge on any atom is 0.336 e. The first-order chi connectivity index (χ1) is 12.6. The Bertz CT molecular complexity index is 914. The van der Waals surface area contributed by atoms with Gasteiger partial charge in [0.05, 0.1) is 19.4 Å². The minimum Gasteiger partial charge on any atom is -0.508 e. The Morgan fingerprint density at radius 2 is 2.04 bits per heavy atom. The highest BCUT2D eigenvalue weighted by atomic mass is 16.5. The molecule has 6 heteroatoms. The van der Waals surface area contributed by atoms with Crippen LogP contribution in [0.5, 0.6) is 5.75 Å².